The van der Waals surface area contributed by atoms with Crippen molar-refractivity contribution >= 4 is 11.6 Å². The number of hydrogen-bond donors (Lipinski definition) is 2. The highest BCUT2D eigenvalue weighted by atomic mass is 16.1. The van der Waals surface area contributed by atoms with Crippen molar-refractivity contribution in [1.82, 2.24) is 10.2 Å². The molecule has 0 aliphatic carbocycles. The summed E-state index contributed by atoms with van der Waals surface area (Å²) in [5.41, 5.74) is 10.3. The minimum Gasteiger partial charge on any atom is -0.399 e. The molecule has 1 aliphatic rings. The van der Waals surface area contributed by atoms with Crippen LogP contribution in [0.15, 0.2) is 48.5 Å². The highest BCUT2D eigenvalue weighted by molar-refractivity contribution is 5.78. The molecule has 0 unspecified atom stereocenters. The first-order valence-corrected chi connectivity index (χ1v) is 9.00. The van der Waals surface area contributed by atoms with Crippen LogP contribution in [0.5, 0.6) is 0 Å². The Morgan fingerprint density at radius 2 is 1.84 bits per heavy atom. The molecule has 4 heteroatoms. The van der Waals surface area contributed by atoms with Crippen molar-refractivity contribution in [2.24, 2.45) is 5.92 Å². The number of rotatable bonds is 5. The predicted octanol–water partition coefficient (Wildman–Crippen LogP) is 3.11. The second kappa shape index (κ2) is 8.17. The van der Waals surface area contributed by atoms with Crippen molar-refractivity contribution < 1.29 is 4.79 Å². The average molecular weight is 337 g/mol. The van der Waals surface area contributed by atoms with E-state index in [2.05, 4.69) is 47.5 Å². The van der Waals surface area contributed by atoms with Gasteiger partial charge in [-0.25, -0.2) is 0 Å². The molecule has 1 saturated heterocycles. The summed E-state index contributed by atoms with van der Waals surface area (Å²) >= 11 is 0. The fourth-order valence-electron chi connectivity index (χ4n) is 3.34. The predicted molar refractivity (Wildman–Crippen MR) is 102 cm³/mol. The molecule has 0 spiro atoms. The molecule has 2 aromatic rings. The number of hydrogen-bond acceptors (Lipinski definition) is 3. The number of nitrogens with two attached hydrogens (primary N) is 1. The summed E-state index contributed by atoms with van der Waals surface area (Å²) in [6.07, 6.45) is 1.84. The lowest BCUT2D eigenvalue weighted by Crippen LogP contribution is -2.40. The molecule has 1 amide bonds. The number of benzene rings is 2. The van der Waals surface area contributed by atoms with Crippen molar-refractivity contribution in [3.63, 3.8) is 0 Å². The van der Waals surface area contributed by atoms with E-state index < -0.39 is 0 Å². The maximum atomic E-state index is 12.4. The number of anilines is 1. The monoisotopic (exact) mass is 337 g/mol. The minimum absolute atomic E-state index is 0.127. The third-order valence-corrected chi connectivity index (χ3v) is 4.90. The van der Waals surface area contributed by atoms with Gasteiger partial charge >= 0.3 is 0 Å². The number of nitrogens with zero attached hydrogens (tertiary/aromatic N) is 1. The summed E-state index contributed by atoms with van der Waals surface area (Å²) in [6, 6.07) is 16.3. The van der Waals surface area contributed by atoms with Crippen molar-refractivity contribution in [2.75, 3.05) is 18.8 Å². The van der Waals surface area contributed by atoms with Crippen LogP contribution in [-0.4, -0.2) is 23.9 Å². The molecule has 0 bridgehead atoms. The molecule has 0 radical (unpaired) electrons. The normalized spacial score (nSPS) is 15.9. The Labute approximate surface area is 150 Å². The summed E-state index contributed by atoms with van der Waals surface area (Å²) in [5, 5.41) is 3.09. The molecule has 3 N–H and O–H groups in total. The third-order valence-electron chi connectivity index (χ3n) is 4.90. The van der Waals surface area contributed by atoms with E-state index in [1.807, 2.05) is 18.2 Å². The zero-order valence-corrected chi connectivity index (χ0v) is 14.9. The fraction of sp³-hybridized carbons (Fsp3) is 0.381. The van der Waals surface area contributed by atoms with Crippen molar-refractivity contribution in [3.05, 3.63) is 65.2 Å². The summed E-state index contributed by atoms with van der Waals surface area (Å²) in [7, 11) is 0. The van der Waals surface area contributed by atoms with E-state index in [0.717, 1.165) is 43.7 Å². The Hall–Kier alpha value is -2.33. The quantitative estimate of drug-likeness (QED) is 0.824. The zero-order chi connectivity index (χ0) is 17.6. The molecular formula is C21H27N3O. The van der Waals surface area contributed by atoms with Gasteiger partial charge in [0.1, 0.15) is 0 Å². The highest BCUT2D eigenvalue weighted by Gasteiger charge is 2.24. The lowest BCUT2D eigenvalue weighted by atomic mass is 9.95. The molecule has 3 rings (SSSR count). The van der Waals surface area contributed by atoms with Gasteiger partial charge < -0.3 is 11.1 Å². The molecule has 1 heterocycles. The summed E-state index contributed by atoms with van der Waals surface area (Å²) in [6.45, 7) is 5.50. The fourth-order valence-corrected chi connectivity index (χ4v) is 3.34. The number of aryl methyl sites for hydroxylation is 1. The van der Waals surface area contributed by atoms with Gasteiger partial charge in [-0.1, -0.05) is 42.0 Å². The van der Waals surface area contributed by atoms with Crippen LogP contribution >= 0.6 is 0 Å². The Morgan fingerprint density at radius 3 is 2.52 bits per heavy atom. The lowest BCUT2D eigenvalue weighted by Gasteiger charge is -2.31. The molecule has 0 aromatic heterocycles. The molecule has 132 valence electrons. The number of carbonyl (C=O) groups excluding carboxylic acids is 1. The lowest BCUT2D eigenvalue weighted by molar-refractivity contribution is -0.126. The molecule has 2 aromatic carbocycles. The van der Waals surface area contributed by atoms with Gasteiger partial charge in [0.05, 0.1) is 0 Å². The van der Waals surface area contributed by atoms with Gasteiger partial charge in [-0.3, -0.25) is 9.69 Å². The second-order valence-corrected chi connectivity index (χ2v) is 7.00. The highest BCUT2D eigenvalue weighted by Crippen LogP contribution is 2.20. The number of nitrogen functional groups attached to an aromatic ring is 1. The second-order valence-electron chi connectivity index (χ2n) is 7.00. The number of amides is 1. The maximum absolute atomic E-state index is 12.4. The topological polar surface area (TPSA) is 58.4 Å². The van der Waals surface area contributed by atoms with Crippen molar-refractivity contribution in [2.45, 2.75) is 32.9 Å². The van der Waals surface area contributed by atoms with E-state index in [9.17, 15) is 4.79 Å². The van der Waals surface area contributed by atoms with Crippen LogP contribution in [0.2, 0.25) is 0 Å². The van der Waals surface area contributed by atoms with Gasteiger partial charge in [0.25, 0.3) is 0 Å². The molecule has 0 atom stereocenters. The first-order valence-electron chi connectivity index (χ1n) is 9.00. The van der Waals surface area contributed by atoms with Crippen LogP contribution in [-0.2, 0) is 17.9 Å². The van der Waals surface area contributed by atoms with Gasteiger partial charge in [0.2, 0.25) is 5.91 Å². The van der Waals surface area contributed by atoms with Gasteiger partial charge in [0.15, 0.2) is 0 Å². The Morgan fingerprint density at radius 1 is 1.12 bits per heavy atom. The van der Waals surface area contributed by atoms with Gasteiger partial charge in [-0.2, -0.15) is 0 Å². The Balaban J connectivity index is 1.43. The summed E-state index contributed by atoms with van der Waals surface area (Å²) in [5.74, 6) is 0.312. The van der Waals surface area contributed by atoms with E-state index in [1.54, 1.807) is 0 Å². The largest absolute Gasteiger partial charge is 0.399 e. The summed E-state index contributed by atoms with van der Waals surface area (Å²) < 4.78 is 0. The van der Waals surface area contributed by atoms with Crippen LogP contribution < -0.4 is 11.1 Å². The smallest absolute Gasteiger partial charge is 0.223 e. The zero-order valence-electron chi connectivity index (χ0n) is 14.9. The van der Waals surface area contributed by atoms with Gasteiger partial charge in [0, 0.05) is 24.7 Å². The SMILES string of the molecule is Cc1ccc(CNC(=O)C2CCN(Cc3cccc(N)c3)CC2)cc1. The van der Waals surface area contributed by atoms with E-state index in [1.165, 1.54) is 11.1 Å². The number of likely N-dealkylation sites (tertiary alicyclic amines) is 1. The average Bonchev–Trinajstić information content (AvgIpc) is 2.62. The van der Waals surface area contributed by atoms with Crippen LogP contribution in [0.3, 0.4) is 0 Å². The summed E-state index contributed by atoms with van der Waals surface area (Å²) in [4.78, 5) is 14.8. The number of nitrogens with one attached hydrogen (secondary N) is 1. The van der Waals surface area contributed by atoms with Crippen molar-refractivity contribution in [1.29, 1.82) is 0 Å². The standard InChI is InChI=1S/C21H27N3O/c1-16-5-7-17(8-6-16)14-23-21(25)19-9-11-24(12-10-19)15-18-3-2-4-20(22)13-18/h2-8,13,19H,9-12,14-15,22H2,1H3,(H,23,25). The van der Waals surface area contributed by atoms with Gasteiger partial charge in [-0.05, 0) is 56.1 Å². The van der Waals surface area contributed by atoms with Gasteiger partial charge in [-0.15, -0.1) is 0 Å². The maximum Gasteiger partial charge on any atom is 0.223 e. The third kappa shape index (κ3) is 5.07. The van der Waals surface area contributed by atoms with E-state index in [0.29, 0.717) is 6.54 Å². The molecule has 1 aliphatic heterocycles. The molecule has 4 nitrogen and oxygen atoms in total. The van der Waals surface area contributed by atoms with Crippen LogP contribution in [0.1, 0.15) is 29.5 Å². The number of carbonyl (C=O) groups is 1. The molecule has 0 saturated carbocycles. The van der Waals surface area contributed by atoms with E-state index >= 15 is 0 Å². The van der Waals surface area contributed by atoms with Crippen LogP contribution in [0.4, 0.5) is 5.69 Å². The Bertz CT molecular complexity index is 703. The van der Waals surface area contributed by atoms with E-state index in [4.69, 9.17) is 5.73 Å². The Kier molecular flexibility index (Phi) is 5.71. The molecular weight excluding hydrogens is 310 g/mol. The number of piperidine rings is 1. The van der Waals surface area contributed by atoms with E-state index in [-0.39, 0.29) is 11.8 Å². The van der Waals surface area contributed by atoms with Crippen LogP contribution in [0.25, 0.3) is 0 Å². The molecule has 1 fully saturated rings. The minimum atomic E-state index is 0.127. The van der Waals surface area contributed by atoms with Crippen LogP contribution in [0, 0.1) is 12.8 Å². The van der Waals surface area contributed by atoms with Crippen molar-refractivity contribution in [3.8, 4) is 0 Å². The molecule has 25 heavy (non-hydrogen) atoms. The first kappa shape index (κ1) is 17.5. The first-order chi connectivity index (χ1) is 12.1.